The molecule has 2 aromatic carbocycles. The van der Waals surface area contributed by atoms with Crippen molar-refractivity contribution in [3.63, 3.8) is 0 Å². The van der Waals surface area contributed by atoms with Crippen molar-refractivity contribution in [1.29, 1.82) is 0 Å². The maximum atomic E-state index is 12.9. The highest BCUT2D eigenvalue weighted by Crippen LogP contribution is 2.50. The van der Waals surface area contributed by atoms with Crippen molar-refractivity contribution < 1.29 is 18.1 Å². The summed E-state index contributed by atoms with van der Waals surface area (Å²) < 4.78 is 29.3. The van der Waals surface area contributed by atoms with Gasteiger partial charge >= 0.3 is 7.82 Å². The molecule has 0 N–H and O–H groups in total. The summed E-state index contributed by atoms with van der Waals surface area (Å²) in [6, 6.07) is 14.5. The Bertz CT molecular complexity index is 596. The van der Waals surface area contributed by atoms with E-state index in [1.807, 2.05) is 38.1 Å². The number of phosphoric acid groups is 1. The Morgan fingerprint density at radius 3 is 1.45 bits per heavy atom. The van der Waals surface area contributed by atoms with E-state index < -0.39 is 7.82 Å². The topological polar surface area (TPSA) is 44.8 Å². The molecule has 0 bridgehead atoms. The minimum absolute atomic E-state index is 0.290. The van der Waals surface area contributed by atoms with E-state index in [0.29, 0.717) is 11.5 Å². The van der Waals surface area contributed by atoms with Crippen molar-refractivity contribution in [2.24, 2.45) is 0 Å². The summed E-state index contributed by atoms with van der Waals surface area (Å²) in [6.07, 6.45) is -0.290. The summed E-state index contributed by atoms with van der Waals surface area (Å²) in [5, 5.41) is 0. The van der Waals surface area contributed by atoms with Gasteiger partial charge in [0, 0.05) is 0 Å². The van der Waals surface area contributed by atoms with Crippen molar-refractivity contribution in [1.82, 2.24) is 0 Å². The van der Waals surface area contributed by atoms with Crippen molar-refractivity contribution in [3.8, 4) is 11.5 Å². The molecule has 0 saturated heterocycles. The van der Waals surface area contributed by atoms with Gasteiger partial charge in [0.25, 0.3) is 0 Å². The summed E-state index contributed by atoms with van der Waals surface area (Å²) in [5.41, 5.74) is 2.18. The van der Waals surface area contributed by atoms with E-state index in [1.54, 1.807) is 38.1 Å². The third-order valence-electron chi connectivity index (χ3n) is 2.82. The second-order valence-electron chi connectivity index (χ2n) is 5.41. The highest BCUT2D eigenvalue weighted by atomic mass is 31.2. The van der Waals surface area contributed by atoms with Gasteiger partial charge in [-0.3, -0.25) is 4.52 Å². The Hall–Kier alpha value is -1.77. The Morgan fingerprint density at radius 2 is 1.14 bits per heavy atom. The molecule has 0 radical (unpaired) electrons. The van der Waals surface area contributed by atoms with E-state index in [4.69, 9.17) is 13.6 Å². The first-order valence-electron chi connectivity index (χ1n) is 7.17. The molecule has 0 amide bonds. The average molecular weight is 320 g/mol. The molecular weight excluding hydrogens is 299 g/mol. The predicted molar refractivity (Wildman–Crippen MR) is 87.4 cm³/mol. The van der Waals surface area contributed by atoms with Crippen molar-refractivity contribution in [2.45, 2.75) is 33.8 Å². The molecule has 118 valence electrons. The van der Waals surface area contributed by atoms with Gasteiger partial charge < -0.3 is 9.05 Å². The molecule has 0 aliphatic heterocycles. The summed E-state index contributed by atoms with van der Waals surface area (Å²) in [4.78, 5) is 0. The van der Waals surface area contributed by atoms with Crippen LogP contribution in [0.25, 0.3) is 0 Å². The number of aryl methyl sites for hydroxylation is 2. The Balaban J connectivity index is 2.21. The maximum Gasteiger partial charge on any atom is 0.587 e. The number of rotatable bonds is 6. The number of benzene rings is 2. The third kappa shape index (κ3) is 4.90. The molecule has 4 nitrogen and oxygen atoms in total. The molecule has 0 spiro atoms. The van der Waals surface area contributed by atoms with Crippen LogP contribution in [0.4, 0.5) is 0 Å². The molecule has 0 heterocycles. The number of phosphoric ester groups is 1. The SMILES string of the molecule is Cc1ccc(OP(=O)(Oc2ccc(C)cc2)OC(C)C)cc1. The molecule has 0 unspecified atom stereocenters. The quantitative estimate of drug-likeness (QED) is 0.678. The smallest absolute Gasteiger partial charge is 0.395 e. The van der Waals surface area contributed by atoms with E-state index >= 15 is 0 Å². The molecule has 0 saturated carbocycles. The highest BCUT2D eigenvalue weighted by Gasteiger charge is 2.32. The molecule has 0 fully saturated rings. The maximum absolute atomic E-state index is 12.9. The van der Waals surface area contributed by atoms with Crippen LogP contribution < -0.4 is 9.05 Å². The highest BCUT2D eigenvalue weighted by molar-refractivity contribution is 7.49. The fourth-order valence-electron chi connectivity index (χ4n) is 1.78. The lowest BCUT2D eigenvalue weighted by atomic mass is 10.2. The zero-order valence-corrected chi connectivity index (χ0v) is 14.2. The summed E-state index contributed by atoms with van der Waals surface area (Å²) in [7, 11) is -3.75. The van der Waals surface area contributed by atoms with Gasteiger partial charge in [0.2, 0.25) is 0 Å². The van der Waals surface area contributed by atoms with E-state index in [2.05, 4.69) is 0 Å². The van der Waals surface area contributed by atoms with E-state index in [9.17, 15) is 4.57 Å². The molecule has 5 heteroatoms. The largest absolute Gasteiger partial charge is 0.587 e. The second kappa shape index (κ2) is 6.99. The van der Waals surface area contributed by atoms with Crippen LogP contribution in [0.1, 0.15) is 25.0 Å². The minimum Gasteiger partial charge on any atom is -0.395 e. The lowest BCUT2D eigenvalue weighted by Gasteiger charge is -2.21. The first kappa shape index (κ1) is 16.6. The second-order valence-corrected chi connectivity index (χ2v) is 6.88. The summed E-state index contributed by atoms with van der Waals surface area (Å²) in [6.45, 7) is 7.50. The lowest BCUT2D eigenvalue weighted by Crippen LogP contribution is -2.10. The van der Waals surface area contributed by atoms with Crippen LogP contribution in [0.15, 0.2) is 48.5 Å². The van der Waals surface area contributed by atoms with Crippen LogP contribution in [0, 0.1) is 13.8 Å². The molecule has 2 rings (SSSR count). The molecule has 0 atom stereocenters. The van der Waals surface area contributed by atoms with Crippen LogP contribution in [0.3, 0.4) is 0 Å². The zero-order valence-electron chi connectivity index (χ0n) is 13.3. The minimum atomic E-state index is -3.75. The van der Waals surface area contributed by atoms with Gasteiger partial charge in [-0.1, -0.05) is 35.4 Å². The normalized spacial score (nSPS) is 11.5. The van der Waals surface area contributed by atoms with Crippen molar-refractivity contribution in [3.05, 3.63) is 59.7 Å². The van der Waals surface area contributed by atoms with Crippen molar-refractivity contribution in [2.75, 3.05) is 0 Å². The fraction of sp³-hybridized carbons (Fsp3) is 0.294. The molecule has 0 aromatic heterocycles. The van der Waals surface area contributed by atoms with E-state index in [0.717, 1.165) is 11.1 Å². The van der Waals surface area contributed by atoms with Gasteiger partial charge in [-0.2, -0.15) is 0 Å². The van der Waals surface area contributed by atoms with Gasteiger partial charge in [0.05, 0.1) is 6.10 Å². The van der Waals surface area contributed by atoms with E-state index in [1.165, 1.54) is 0 Å². The molecule has 0 aliphatic carbocycles. The lowest BCUT2D eigenvalue weighted by molar-refractivity contribution is 0.167. The number of hydrogen-bond acceptors (Lipinski definition) is 4. The summed E-state index contributed by atoms with van der Waals surface area (Å²) >= 11 is 0. The molecule has 2 aromatic rings. The predicted octanol–water partition coefficient (Wildman–Crippen LogP) is 5.29. The zero-order chi connectivity index (χ0) is 16.2. The average Bonchev–Trinajstić information content (AvgIpc) is 2.43. The molecular formula is C17H21O4P. The van der Waals surface area contributed by atoms with Crippen LogP contribution in [0.2, 0.25) is 0 Å². The first-order chi connectivity index (χ1) is 10.4. The van der Waals surface area contributed by atoms with Crippen LogP contribution in [0.5, 0.6) is 11.5 Å². The molecule has 22 heavy (non-hydrogen) atoms. The van der Waals surface area contributed by atoms with E-state index in [-0.39, 0.29) is 6.10 Å². The van der Waals surface area contributed by atoms with Crippen LogP contribution in [-0.4, -0.2) is 6.10 Å². The number of hydrogen-bond donors (Lipinski definition) is 0. The Kier molecular flexibility index (Phi) is 5.28. The molecule has 0 aliphatic rings. The van der Waals surface area contributed by atoms with Gasteiger partial charge in [0.15, 0.2) is 0 Å². The van der Waals surface area contributed by atoms with Gasteiger partial charge in [0.1, 0.15) is 11.5 Å². The van der Waals surface area contributed by atoms with Gasteiger partial charge in [-0.05, 0) is 52.0 Å². The van der Waals surface area contributed by atoms with Gasteiger partial charge in [-0.25, -0.2) is 4.57 Å². The van der Waals surface area contributed by atoms with Crippen molar-refractivity contribution >= 4 is 7.82 Å². The fourth-order valence-corrected chi connectivity index (χ4v) is 3.18. The van der Waals surface area contributed by atoms with Crippen LogP contribution >= 0.6 is 7.82 Å². The Morgan fingerprint density at radius 1 is 0.773 bits per heavy atom. The first-order valence-corrected chi connectivity index (χ1v) is 8.63. The third-order valence-corrected chi connectivity index (χ3v) is 4.36. The van der Waals surface area contributed by atoms with Gasteiger partial charge in [-0.15, -0.1) is 0 Å². The van der Waals surface area contributed by atoms with Crippen LogP contribution in [-0.2, 0) is 9.09 Å². The standard InChI is InChI=1S/C17H21O4P/c1-13(2)19-22(18,20-16-9-5-14(3)6-10-16)21-17-11-7-15(4)8-12-17/h5-13H,1-4H3. The summed E-state index contributed by atoms with van der Waals surface area (Å²) in [5.74, 6) is 0.892. The Labute approximate surface area is 131 Å². The monoisotopic (exact) mass is 320 g/mol.